The number of carboxylic acids is 3. The van der Waals surface area contributed by atoms with Gasteiger partial charge < -0.3 is 40.4 Å². The van der Waals surface area contributed by atoms with Crippen LogP contribution in [0.3, 0.4) is 0 Å². The monoisotopic (exact) mass is 676 g/mol. The summed E-state index contributed by atoms with van der Waals surface area (Å²) in [7, 11) is 2.16. The molecule has 49 heavy (non-hydrogen) atoms. The topological polar surface area (TPSA) is 202 Å². The number of aliphatic hydroxyl groups is 1. The van der Waals surface area contributed by atoms with Gasteiger partial charge in [0, 0.05) is 53.3 Å². The van der Waals surface area contributed by atoms with Gasteiger partial charge >= 0.3 is 17.9 Å². The summed E-state index contributed by atoms with van der Waals surface area (Å²) in [4.78, 5) is 53.4. The van der Waals surface area contributed by atoms with Gasteiger partial charge in [-0.25, -0.2) is 4.79 Å². The lowest BCUT2D eigenvalue weighted by Crippen LogP contribution is -2.42. The molecule has 2 aromatic heterocycles. The fourth-order valence-corrected chi connectivity index (χ4v) is 5.04. The van der Waals surface area contributed by atoms with Crippen LogP contribution in [0.2, 0.25) is 0 Å². The van der Waals surface area contributed by atoms with Crippen LogP contribution in [0.15, 0.2) is 67.0 Å². The van der Waals surface area contributed by atoms with Gasteiger partial charge in [-0.2, -0.15) is 0 Å². The standard InChI is InChI=1S/C30H36N4O2.C6H8O7/c1-21-26(14-18-34(5)17-13-22-11-15-31-16-12-22)27-20-24(9-10-28(27)32-21)33-29(35)23-7-6-8-25(19-23)36-30(2,3)4;7-3(8)1-6(13,5(11)12)2-4(9)10/h6-12,15-16,19-20,32H,13-14,17-18H2,1-5H3,(H,33,35);13H,1-2H2,(H,7,8)(H,9,10)(H,11,12). The predicted octanol–water partition coefficient (Wildman–Crippen LogP) is 4.77. The maximum atomic E-state index is 13.0. The van der Waals surface area contributed by atoms with Gasteiger partial charge in [-0.3, -0.25) is 19.4 Å². The molecule has 4 aromatic rings. The molecule has 0 bridgehead atoms. The van der Waals surface area contributed by atoms with Crippen molar-refractivity contribution in [3.63, 3.8) is 0 Å². The number of hydrogen-bond donors (Lipinski definition) is 6. The number of benzene rings is 2. The molecule has 0 unspecified atom stereocenters. The lowest BCUT2D eigenvalue weighted by atomic mass is 9.96. The summed E-state index contributed by atoms with van der Waals surface area (Å²) in [5.41, 5.74) is 3.13. The number of carboxylic acid groups (broad SMARTS) is 3. The zero-order valence-electron chi connectivity index (χ0n) is 28.3. The maximum absolute atomic E-state index is 13.0. The number of likely N-dealkylation sites (N-methyl/N-ethyl adjacent to an activating group) is 1. The number of amides is 1. The number of pyridine rings is 1. The van der Waals surface area contributed by atoms with E-state index in [9.17, 15) is 19.2 Å². The van der Waals surface area contributed by atoms with E-state index in [0.717, 1.165) is 42.5 Å². The highest BCUT2D eigenvalue weighted by atomic mass is 16.5. The predicted molar refractivity (Wildman–Crippen MR) is 184 cm³/mol. The second kappa shape index (κ2) is 16.7. The molecule has 13 heteroatoms. The van der Waals surface area contributed by atoms with Crippen molar-refractivity contribution in [2.45, 2.75) is 64.6 Å². The van der Waals surface area contributed by atoms with E-state index in [0.29, 0.717) is 11.3 Å². The number of aromatic amines is 1. The number of hydrogen-bond acceptors (Lipinski definition) is 8. The first kappa shape index (κ1) is 38.2. The molecule has 0 saturated heterocycles. The van der Waals surface area contributed by atoms with Crippen LogP contribution >= 0.6 is 0 Å². The molecule has 0 radical (unpaired) electrons. The number of aryl methyl sites for hydroxylation is 1. The lowest BCUT2D eigenvalue weighted by molar-refractivity contribution is -0.170. The van der Waals surface area contributed by atoms with E-state index in [2.05, 4.69) is 52.4 Å². The molecule has 0 spiro atoms. The Balaban J connectivity index is 0.000000425. The summed E-state index contributed by atoms with van der Waals surface area (Å²) in [5.74, 6) is -4.49. The number of fused-ring (bicyclic) bond motifs is 1. The molecule has 1 amide bonds. The van der Waals surface area contributed by atoms with Gasteiger partial charge in [0.1, 0.15) is 11.4 Å². The lowest BCUT2D eigenvalue weighted by Gasteiger charge is -2.21. The Hall–Kier alpha value is -5.27. The van der Waals surface area contributed by atoms with Crippen molar-refractivity contribution in [1.82, 2.24) is 14.9 Å². The van der Waals surface area contributed by atoms with E-state index in [-0.39, 0.29) is 11.5 Å². The highest BCUT2D eigenvalue weighted by Gasteiger charge is 2.40. The highest BCUT2D eigenvalue weighted by Crippen LogP contribution is 2.27. The number of rotatable bonds is 14. The van der Waals surface area contributed by atoms with Crippen molar-refractivity contribution in [1.29, 1.82) is 0 Å². The molecular formula is C36H44N4O9. The second-order valence-corrected chi connectivity index (χ2v) is 12.8. The Labute approximate surface area is 284 Å². The van der Waals surface area contributed by atoms with Crippen LogP contribution in [-0.2, 0) is 27.2 Å². The van der Waals surface area contributed by atoms with E-state index in [1.807, 2.05) is 57.4 Å². The number of carbonyl (C=O) groups excluding carboxylic acids is 1. The van der Waals surface area contributed by atoms with Gasteiger partial charge in [0.2, 0.25) is 0 Å². The van der Waals surface area contributed by atoms with Gasteiger partial charge in [0.15, 0.2) is 5.60 Å². The van der Waals surface area contributed by atoms with Crippen LogP contribution in [0, 0.1) is 6.92 Å². The molecular weight excluding hydrogens is 632 g/mol. The quantitative estimate of drug-likeness (QED) is 0.107. The molecule has 2 aromatic carbocycles. The number of nitrogens with one attached hydrogen (secondary N) is 2. The van der Waals surface area contributed by atoms with Gasteiger partial charge in [0.25, 0.3) is 5.91 Å². The molecule has 0 atom stereocenters. The summed E-state index contributed by atoms with van der Waals surface area (Å²) in [6, 6.07) is 17.5. The molecule has 4 rings (SSSR count). The first-order valence-electron chi connectivity index (χ1n) is 15.6. The summed E-state index contributed by atoms with van der Waals surface area (Å²) >= 11 is 0. The number of carbonyl (C=O) groups is 4. The first-order chi connectivity index (χ1) is 23.0. The molecule has 2 heterocycles. The molecule has 262 valence electrons. The number of ether oxygens (including phenoxy) is 1. The van der Waals surface area contributed by atoms with Gasteiger partial charge in [-0.1, -0.05) is 6.07 Å². The SMILES string of the molecule is Cc1[nH]c2ccc(NC(=O)c3cccc(OC(C)(C)C)c3)cc2c1CCN(C)CCc1ccncc1.O=C(O)CC(O)(CC(=O)O)C(=O)O. The normalized spacial score (nSPS) is 11.5. The van der Waals surface area contributed by atoms with E-state index in [1.54, 1.807) is 12.1 Å². The third kappa shape index (κ3) is 12.0. The maximum Gasteiger partial charge on any atom is 0.336 e. The van der Waals surface area contributed by atoms with Gasteiger partial charge in [-0.05, 0) is 107 Å². The van der Waals surface area contributed by atoms with Crippen molar-refractivity contribution in [3.8, 4) is 5.75 Å². The molecule has 0 aliphatic heterocycles. The summed E-state index contributed by atoms with van der Waals surface area (Å²) in [6.45, 7) is 10.0. The summed E-state index contributed by atoms with van der Waals surface area (Å²) in [6.07, 6.45) is 3.34. The van der Waals surface area contributed by atoms with Crippen LogP contribution in [-0.4, -0.2) is 90.4 Å². The molecule has 0 aliphatic rings. The fourth-order valence-electron chi connectivity index (χ4n) is 5.04. The Morgan fingerprint density at radius 1 is 0.898 bits per heavy atom. The summed E-state index contributed by atoms with van der Waals surface area (Å²) in [5, 5.41) is 38.0. The Morgan fingerprint density at radius 3 is 2.12 bits per heavy atom. The van der Waals surface area contributed by atoms with Crippen molar-refractivity contribution in [2.24, 2.45) is 0 Å². The smallest absolute Gasteiger partial charge is 0.336 e. The van der Waals surface area contributed by atoms with Crippen LogP contribution in [0.25, 0.3) is 10.9 Å². The minimum Gasteiger partial charge on any atom is -0.488 e. The number of aromatic nitrogens is 2. The number of nitrogens with zero attached hydrogens (tertiary/aromatic N) is 2. The highest BCUT2D eigenvalue weighted by molar-refractivity contribution is 6.05. The molecule has 0 fully saturated rings. The molecule has 13 nitrogen and oxygen atoms in total. The average Bonchev–Trinajstić information content (AvgIpc) is 3.32. The van der Waals surface area contributed by atoms with E-state index < -0.39 is 36.4 Å². The van der Waals surface area contributed by atoms with Gasteiger partial charge in [0.05, 0.1) is 12.8 Å². The zero-order valence-corrected chi connectivity index (χ0v) is 28.3. The Kier molecular flexibility index (Phi) is 13.0. The van der Waals surface area contributed by atoms with Crippen molar-refractivity contribution in [3.05, 3.63) is 89.4 Å². The number of H-pyrrole nitrogens is 1. The van der Waals surface area contributed by atoms with E-state index in [1.165, 1.54) is 16.8 Å². The largest absolute Gasteiger partial charge is 0.488 e. The average molecular weight is 677 g/mol. The number of aliphatic carboxylic acids is 3. The van der Waals surface area contributed by atoms with Crippen LogP contribution in [0.4, 0.5) is 5.69 Å². The second-order valence-electron chi connectivity index (χ2n) is 12.8. The van der Waals surface area contributed by atoms with Crippen LogP contribution in [0.5, 0.6) is 5.75 Å². The van der Waals surface area contributed by atoms with E-state index in [4.69, 9.17) is 25.2 Å². The van der Waals surface area contributed by atoms with Crippen molar-refractivity contribution in [2.75, 3.05) is 25.5 Å². The Bertz CT molecular complexity index is 1750. The van der Waals surface area contributed by atoms with Crippen LogP contribution in [0.1, 0.15) is 60.8 Å². The summed E-state index contributed by atoms with van der Waals surface area (Å²) < 4.78 is 5.92. The minimum atomic E-state index is -2.74. The van der Waals surface area contributed by atoms with Gasteiger partial charge in [-0.15, -0.1) is 0 Å². The molecule has 0 aliphatic carbocycles. The van der Waals surface area contributed by atoms with Crippen molar-refractivity contribution >= 4 is 40.4 Å². The molecule has 0 saturated carbocycles. The first-order valence-corrected chi connectivity index (χ1v) is 15.6. The minimum absolute atomic E-state index is 0.154. The fraction of sp³-hybridized carbons (Fsp3) is 0.361. The van der Waals surface area contributed by atoms with E-state index >= 15 is 0 Å². The third-order valence-electron chi connectivity index (χ3n) is 7.46. The number of anilines is 1. The Morgan fingerprint density at radius 2 is 1.53 bits per heavy atom. The molecule has 6 N–H and O–H groups in total. The van der Waals surface area contributed by atoms with Crippen molar-refractivity contribution < 1.29 is 44.3 Å². The van der Waals surface area contributed by atoms with Crippen LogP contribution < -0.4 is 10.1 Å². The zero-order chi connectivity index (χ0) is 36.4. The third-order valence-corrected chi connectivity index (χ3v) is 7.46.